The molecular weight excluding hydrogens is 232 g/mol. The number of rotatable bonds is 8. The van der Waals surface area contributed by atoms with Crippen molar-refractivity contribution < 1.29 is 0 Å². The third kappa shape index (κ3) is 6.10. The summed E-state index contributed by atoms with van der Waals surface area (Å²) in [6.07, 6.45) is 6.30. The maximum Gasteiger partial charge on any atom is 0.0706 e. The highest BCUT2D eigenvalue weighted by atomic mass is 15.4. The molecule has 0 fully saturated rings. The second-order valence-corrected chi connectivity index (χ2v) is 4.57. The van der Waals surface area contributed by atoms with E-state index in [9.17, 15) is 0 Å². The summed E-state index contributed by atoms with van der Waals surface area (Å²) in [5.74, 6) is 0.363. The molecule has 2 heteroatoms. The van der Waals surface area contributed by atoms with E-state index in [2.05, 4.69) is 73.4 Å². The summed E-state index contributed by atoms with van der Waals surface area (Å²) in [7, 11) is 0. The van der Waals surface area contributed by atoms with Gasteiger partial charge in [0.05, 0.1) is 5.70 Å². The molecule has 1 rings (SSSR count). The van der Waals surface area contributed by atoms with Crippen molar-refractivity contribution in [2.75, 3.05) is 6.54 Å². The van der Waals surface area contributed by atoms with Crippen molar-refractivity contribution in [2.24, 2.45) is 5.92 Å². The van der Waals surface area contributed by atoms with Crippen LogP contribution in [-0.2, 0) is 6.42 Å². The molecular formula is C17H24N2. The molecule has 1 unspecified atom stereocenters. The van der Waals surface area contributed by atoms with Gasteiger partial charge in [-0.05, 0) is 18.4 Å². The average Bonchev–Trinajstić information content (AvgIpc) is 2.44. The quantitative estimate of drug-likeness (QED) is 0.321. The Kier molecular flexibility index (Phi) is 7.41. The van der Waals surface area contributed by atoms with E-state index in [1.165, 1.54) is 5.56 Å². The van der Waals surface area contributed by atoms with Gasteiger partial charge in [-0.25, -0.2) is 5.43 Å². The van der Waals surface area contributed by atoms with Crippen molar-refractivity contribution in [1.82, 2.24) is 10.9 Å². The first-order chi connectivity index (χ1) is 9.27. The van der Waals surface area contributed by atoms with Gasteiger partial charge < -0.3 is 5.43 Å². The molecule has 0 saturated heterocycles. The van der Waals surface area contributed by atoms with Crippen LogP contribution in [0.2, 0.25) is 0 Å². The lowest BCUT2D eigenvalue weighted by molar-refractivity contribution is 0.545. The first-order valence-electron chi connectivity index (χ1n) is 6.85. The van der Waals surface area contributed by atoms with E-state index >= 15 is 0 Å². The van der Waals surface area contributed by atoms with Crippen molar-refractivity contribution >= 4 is 0 Å². The monoisotopic (exact) mass is 256 g/mol. The molecule has 1 aromatic rings. The first-order valence-corrected chi connectivity index (χ1v) is 6.85. The Balaban J connectivity index is 2.42. The molecule has 0 saturated carbocycles. The lowest BCUT2D eigenvalue weighted by atomic mass is 9.98. The van der Waals surface area contributed by atoms with Gasteiger partial charge in [-0.1, -0.05) is 62.9 Å². The van der Waals surface area contributed by atoms with E-state index in [0.29, 0.717) is 5.92 Å². The number of nitrogens with one attached hydrogen (secondary N) is 2. The van der Waals surface area contributed by atoms with Crippen LogP contribution in [0, 0.1) is 5.92 Å². The van der Waals surface area contributed by atoms with Gasteiger partial charge in [0, 0.05) is 12.5 Å². The molecule has 0 heterocycles. The zero-order valence-corrected chi connectivity index (χ0v) is 11.9. The van der Waals surface area contributed by atoms with E-state index in [4.69, 9.17) is 0 Å². The maximum atomic E-state index is 3.76. The van der Waals surface area contributed by atoms with E-state index in [0.717, 1.165) is 25.1 Å². The van der Waals surface area contributed by atoms with Crippen molar-refractivity contribution in [3.8, 4) is 0 Å². The zero-order valence-electron chi connectivity index (χ0n) is 11.9. The van der Waals surface area contributed by atoms with E-state index in [1.807, 2.05) is 6.07 Å². The standard InChI is InChI=1S/C17H24N2/c1-4-6-10-13-18-19-17(5-2)15(3)14-16-11-8-7-9-12-16/h6-12,15,18-19H,2,4,13-14H2,1,3H3/b10-6-. The molecule has 0 aromatic heterocycles. The molecule has 2 nitrogen and oxygen atoms in total. The Morgan fingerprint density at radius 1 is 1.32 bits per heavy atom. The molecule has 0 radical (unpaired) electrons. The Hall–Kier alpha value is -1.76. The van der Waals surface area contributed by atoms with Gasteiger partial charge in [-0.2, -0.15) is 0 Å². The van der Waals surface area contributed by atoms with Gasteiger partial charge in [0.25, 0.3) is 0 Å². The lowest BCUT2D eigenvalue weighted by Gasteiger charge is -2.16. The minimum Gasteiger partial charge on any atom is -0.318 e. The summed E-state index contributed by atoms with van der Waals surface area (Å²) in [5.41, 5.74) is 11.7. The van der Waals surface area contributed by atoms with Crippen LogP contribution in [0.4, 0.5) is 0 Å². The fraction of sp³-hybridized carbons (Fsp3) is 0.353. The van der Waals surface area contributed by atoms with Crippen LogP contribution in [0.5, 0.6) is 0 Å². The molecule has 1 aromatic carbocycles. The Morgan fingerprint density at radius 2 is 2.05 bits per heavy atom. The summed E-state index contributed by atoms with van der Waals surface area (Å²) in [6, 6.07) is 10.5. The fourth-order valence-corrected chi connectivity index (χ4v) is 1.87. The molecule has 19 heavy (non-hydrogen) atoms. The van der Waals surface area contributed by atoms with Gasteiger partial charge in [0.1, 0.15) is 0 Å². The Morgan fingerprint density at radius 3 is 2.68 bits per heavy atom. The fourth-order valence-electron chi connectivity index (χ4n) is 1.87. The van der Waals surface area contributed by atoms with Crippen LogP contribution in [-0.4, -0.2) is 6.54 Å². The first kappa shape index (κ1) is 15.3. The largest absolute Gasteiger partial charge is 0.318 e. The van der Waals surface area contributed by atoms with Gasteiger partial charge in [0.15, 0.2) is 0 Å². The minimum atomic E-state index is 0.363. The van der Waals surface area contributed by atoms with Crippen molar-refractivity contribution in [1.29, 1.82) is 0 Å². The normalized spacial score (nSPS) is 12.1. The Bertz CT molecular complexity index is 428. The van der Waals surface area contributed by atoms with Gasteiger partial charge in [-0.3, -0.25) is 0 Å². The third-order valence-electron chi connectivity index (χ3n) is 2.91. The summed E-state index contributed by atoms with van der Waals surface area (Å²) in [4.78, 5) is 0. The number of allylic oxidation sites excluding steroid dienone is 2. The van der Waals surface area contributed by atoms with E-state index in [-0.39, 0.29) is 0 Å². The summed E-state index contributed by atoms with van der Waals surface area (Å²) in [5, 5.41) is 0. The highest BCUT2D eigenvalue weighted by Crippen LogP contribution is 2.13. The molecule has 0 bridgehead atoms. The lowest BCUT2D eigenvalue weighted by Crippen LogP contribution is -2.33. The SMILES string of the molecule is C=C=C(NNC/C=C\CC)C(C)Cc1ccccc1. The molecule has 0 aliphatic heterocycles. The maximum absolute atomic E-state index is 3.76. The number of hydrazine groups is 1. The van der Waals surface area contributed by atoms with Crippen molar-refractivity contribution in [2.45, 2.75) is 26.7 Å². The smallest absolute Gasteiger partial charge is 0.0706 e. The predicted octanol–water partition coefficient (Wildman–Crippen LogP) is 3.59. The highest BCUT2D eigenvalue weighted by molar-refractivity contribution is 5.17. The van der Waals surface area contributed by atoms with Crippen LogP contribution in [0.1, 0.15) is 25.8 Å². The second-order valence-electron chi connectivity index (χ2n) is 4.57. The molecule has 0 aliphatic rings. The third-order valence-corrected chi connectivity index (χ3v) is 2.91. The molecule has 2 N–H and O–H groups in total. The van der Waals surface area contributed by atoms with Crippen LogP contribution in [0.15, 0.2) is 60.5 Å². The number of hydrogen-bond donors (Lipinski definition) is 2. The summed E-state index contributed by atoms with van der Waals surface area (Å²) in [6.45, 7) is 8.86. The molecule has 102 valence electrons. The van der Waals surface area contributed by atoms with Crippen molar-refractivity contribution in [3.63, 3.8) is 0 Å². The topological polar surface area (TPSA) is 24.1 Å². The van der Waals surface area contributed by atoms with Gasteiger partial charge in [-0.15, -0.1) is 5.73 Å². The van der Waals surface area contributed by atoms with Crippen molar-refractivity contribution in [3.05, 3.63) is 66.1 Å². The van der Waals surface area contributed by atoms with Crippen LogP contribution in [0.25, 0.3) is 0 Å². The Labute approximate surface area is 116 Å². The molecule has 1 atom stereocenters. The van der Waals surface area contributed by atoms with E-state index in [1.54, 1.807) is 0 Å². The molecule has 0 amide bonds. The van der Waals surface area contributed by atoms with E-state index < -0.39 is 0 Å². The number of benzene rings is 1. The highest BCUT2D eigenvalue weighted by Gasteiger charge is 2.08. The molecule has 0 aliphatic carbocycles. The minimum absolute atomic E-state index is 0.363. The summed E-state index contributed by atoms with van der Waals surface area (Å²) < 4.78 is 0. The summed E-state index contributed by atoms with van der Waals surface area (Å²) >= 11 is 0. The van der Waals surface area contributed by atoms with Crippen LogP contribution in [0.3, 0.4) is 0 Å². The van der Waals surface area contributed by atoms with Gasteiger partial charge >= 0.3 is 0 Å². The molecule has 0 spiro atoms. The van der Waals surface area contributed by atoms with Crippen LogP contribution < -0.4 is 10.9 Å². The number of hydrogen-bond acceptors (Lipinski definition) is 2. The second kappa shape index (κ2) is 9.21. The van der Waals surface area contributed by atoms with Gasteiger partial charge in [0.2, 0.25) is 0 Å². The predicted molar refractivity (Wildman–Crippen MR) is 82.5 cm³/mol. The average molecular weight is 256 g/mol. The van der Waals surface area contributed by atoms with Crippen LogP contribution >= 0.6 is 0 Å². The zero-order chi connectivity index (χ0) is 13.9.